The Hall–Kier alpha value is -2.62. The molecule has 4 nitrogen and oxygen atoms in total. The number of hydrogen-bond donors (Lipinski definition) is 1. The third-order valence-electron chi connectivity index (χ3n) is 3.13. The minimum absolute atomic E-state index is 0.684. The van der Waals surface area contributed by atoms with Crippen molar-refractivity contribution in [3.05, 3.63) is 54.1 Å². The van der Waals surface area contributed by atoms with Crippen molar-refractivity contribution < 1.29 is 4.74 Å². The fourth-order valence-electron chi connectivity index (χ4n) is 2.11. The lowest BCUT2D eigenvalue weighted by atomic mass is 10.1. The van der Waals surface area contributed by atoms with Crippen molar-refractivity contribution in [2.45, 2.75) is 6.92 Å². The molecule has 2 aromatic carbocycles. The third-order valence-corrected chi connectivity index (χ3v) is 3.13. The van der Waals surface area contributed by atoms with Crippen molar-refractivity contribution in [3.8, 4) is 28.5 Å². The molecule has 0 fully saturated rings. The summed E-state index contributed by atoms with van der Waals surface area (Å²) < 4.78 is 5.38. The number of methoxy groups -OCH3 is 1. The average Bonchev–Trinajstić information content (AvgIpc) is 2.98. The molecular formula is C16H15N3O. The van der Waals surface area contributed by atoms with Crippen molar-refractivity contribution in [2.24, 2.45) is 0 Å². The van der Waals surface area contributed by atoms with Crippen LogP contribution in [0.1, 0.15) is 5.56 Å². The molecule has 0 amide bonds. The van der Waals surface area contributed by atoms with Gasteiger partial charge in [0.25, 0.3) is 0 Å². The number of nitrogens with zero attached hydrogens (tertiary/aromatic N) is 2. The first-order valence-corrected chi connectivity index (χ1v) is 6.41. The Morgan fingerprint density at radius 1 is 1.05 bits per heavy atom. The summed E-state index contributed by atoms with van der Waals surface area (Å²) in [6, 6.07) is 15.9. The zero-order valence-corrected chi connectivity index (χ0v) is 11.4. The number of hydrogen-bond acceptors (Lipinski definition) is 3. The van der Waals surface area contributed by atoms with Gasteiger partial charge in [-0.2, -0.15) is 5.10 Å². The molecule has 20 heavy (non-hydrogen) atoms. The molecule has 0 aliphatic heterocycles. The van der Waals surface area contributed by atoms with Crippen LogP contribution >= 0.6 is 0 Å². The standard InChI is InChI=1S/C16H15N3O/c1-11-8-9-14(20-2)13(10-11)16-17-15(18-19-16)12-6-4-3-5-7-12/h3-10H,1-2H3,(H,17,18,19). The molecule has 100 valence electrons. The fourth-order valence-corrected chi connectivity index (χ4v) is 2.11. The van der Waals surface area contributed by atoms with Crippen LogP contribution in [0.5, 0.6) is 5.75 Å². The van der Waals surface area contributed by atoms with Gasteiger partial charge in [0, 0.05) is 5.56 Å². The normalized spacial score (nSPS) is 10.5. The Kier molecular flexibility index (Phi) is 3.21. The maximum absolute atomic E-state index is 5.38. The van der Waals surface area contributed by atoms with Crippen LogP contribution < -0.4 is 4.74 Å². The third kappa shape index (κ3) is 2.28. The minimum Gasteiger partial charge on any atom is -0.496 e. The maximum atomic E-state index is 5.38. The molecule has 0 bridgehead atoms. The second kappa shape index (κ2) is 5.17. The first kappa shape index (κ1) is 12.4. The van der Waals surface area contributed by atoms with E-state index >= 15 is 0 Å². The van der Waals surface area contributed by atoms with Crippen molar-refractivity contribution in [1.29, 1.82) is 0 Å². The predicted molar refractivity (Wildman–Crippen MR) is 78.5 cm³/mol. The number of rotatable bonds is 3. The molecule has 0 saturated carbocycles. The Labute approximate surface area is 117 Å². The number of aromatic nitrogens is 3. The van der Waals surface area contributed by atoms with E-state index < -0.39 is 0 Å². The molecule has 0 aliphatic carbocycles. The van der Waals surface area contributed by atoms with Crippen LogP contribution in [0, 0.1) is 6.92 Å². The molecule has 0 saturated heterocycles. The molecule has 0 atom stereocenters. The second-order valence-electron chi connectivity index (χ2n) is 4.58. The molecular weight excluding hydrogens is 250 g/mol. The van der Waals surface area contributed by atoms with Gasteiger partial charge in [0.15, 0.2) is 11.6 Å². The van der Waals surface area contributed by atoms with Gasteiger partial charge in [-0.15, -0.1) is 0 Å². The number of nitrogens with one attached hydrogen (secondary N) is 1. The summed E-state index contributed by atoms with van der Waals surface area (Å²) in [7, 11) is 1.66. The molecule has 0 aliphatic rings. The van der Waals surface area contributed by atoms with Gasteiger partial charge in [-0.1, -0.05) is 42.0 Å². The topological polar surface area (TPSA) is 50.8 Å². The van der Waals surface area contributed by atoms with Crippen LogP contribution in [0.3, 0.4) is 0 Å². The molecule has 1 N–H and O–H groups in total. The molecule has 1 aromatic heterocycles. The van der Waals surface area contributed by atoms with E-state index in [9.17, 15) is 0 Å². The highest BCUT2D eigenvalue weighted by Gasteiger charge is 2.12. The maximum Gasteiger partial charge on any atom is 0.181 e. The Morgan fingerprint density at radius 3 is 2.60 bits per heavy atom. The predicted octanol–water partition coefficient (Wildman–Crippen LogP) is 3.46. The van der Waals surface area contributed by atoms with Crippen LogP contribution in [0.4, 0.5) is 0 Å². The zero-order valence-electron chi connectivity index (χ0n) is 11.4. The van der Waals surface area contributed by atoms with Crippen molar-refractivity contribution in [3.63, 3.8) is 0 Å². The molecule has 3 rings (SSSR count). The summed E-state index contributed by atoms with van der Waals surface area (Å²) >= 11 is 0. The first-order chi connectivity index (χ1) is 9.78. The van der Waals surface area contributed by atoms with E-state index in [2.05, 4.69) is 15.2 Å². The molecule has 0 radical (unpaired) electrons. The summed E-state index contributed by atoms with van der Waals surface area (Å²) in [4.78, 5) is 4.55. The van der Waals surface area contributed by atoms with Gasteiger partial charge in [0.2, 0.25) is 0 Å². The van der Waals surface area contributed by atoms with E-state index in [4.69, 9.17) is 4.74 Å². The lowest BCUT2D eigenvalue weighted by molar-refractivity contribution is 0.416. The summed E-state index contributed by atoms with van der Waals surface area (Å²) in [5.74, 6) is 2.18. The monoisotopic (exact) mass is 265 g/mol. The molecule has 0 spiro atoms. The highest BCUT2D eigenvalue weighted by Crippen LogP contribution is 2.29. The van der Waals surface area contributed by atoms with Gasteiger partial charge in [-0.25, -0.2) is 4.98 Å². The number of aromatic amines is 1. The summed E-state index contributed by atoms with van der Waals surface area (Å²) in [5.41, 5.74) is 3.06. The van der Waals surface area contributed by atoms with E-state index in [1.54, 1.807) is 7.11 Å². The Bertz CT molecular complexity index is 720. The highest BCUT2D eigenvalue weighted by atomic mass is 16.5. The number of H-pyrrole nitrogens is 1. The lowest BCUT2D eigenvalue weighted by Crippen LogP contribution is -1.90. The van der Waals surface area contributed by atoms with Crippen LogP contribution in [0.25, 0.3) is 22.8 Å². The summed E-state index contributed by atoms with van der Waals surface area (Å²) in [6.07, 6.45) is 0. The quantitative estimate of drug-likeness (QED) is 0.789. The van der Waals surface area contributed by atoms with E-state index in [0.29, 0.717) is 11.6 Å². The second-order valence-corrected chi connectivity index (χ2v) is 4.58. The van der Waals surface area contributed by atoms with Crippen molar-refractivity contribution >= 4 is 0 Å². The fraction of sp³-hybridized carbons (Fsp3) is 0.125. The molecule has 0 unspecified atom stereocenters. The first-order valence-electron chi connectivity index (χ1n) is 6.41. The van der Waals surface area contributed by atoms with Crippen molar-refractivity contribution in [2.75, 3.05) is 7.11 Å². The average molecular weight is 265 g/mol. The van der Waals surface area contributed by atoms with Crippen LogP contribution in [0.2, 0.25) is 0 Å². The van der Waals surface area contributed by atoms with E-state index in [-0.39, 0.29) is 0 Å². The van der Waals surface area contributed by atoms with Gasteiger partial charge in [-0.3, -0.25) is 5.10 Å². The number of benzene rings is 2. The van der Waals surface area contributed by atoms with Gasteiger partial charge in [0.05, 0.1) is 12.7 Å². The highest BCUT2D eigenvalue weighted by molar-refractivity contribution is 5.67. The van der Waals surface area contributed by atoms with E-state index in [1.807, 2.05) is 55.5 Å². The number of aryl methyl sites for hydroxylation is 1. The van der Waals surface area contributed by atoms with Crippen LogP contribution in [-0.2, 0) is 0 Å². The largest absolute Gasteiger partial charge is 0.496 e. The smallest absolute Gasteiger partial charge is 0.181 e. The van der Waals surface area contributed by atoms with Crippen LogP contribution in [-0.4, -0.2) is 22.3 Å². The summed E-state index contributed by atoms with van der Waals surface area (Å²) in [6.45, 7) is 2.04. The lowest BCUT2D eigenvalue weighted by Gasteiger charge is -2.06. The minimum atomic E-state index is 0.684. The zero-order chi connectivity index (χ0) is 13.9. The van der Waals surface area contributed by atoms with Gasteiger partial charge >= 0.3 is 0 Å². The Balaban J connectivity index is 2.04. The van der Waals surface area contributed by atoms with Crippen molar-refractivity contribution in [1.82, 2.24) is 15.2 Å². The van der Waals surface area contributed by atoms with Gasteiger partial charge in [0.1, 0.15) is 5.75 Å². The number of ether oxygens (including phenoxy) is 1. The van der Waals surface area contributed by atoms with E-state index in [0.717, 1.165) is 22.4 Å². The molecule has 4 heteroatoms. The summed E-state index contributed by atoms with van der Waals surface area (Å²) in [5, 5.41) is 7.26. The van der Waals surface area contributed by atoms with Crippen LogP contribution in [0.15, 0.2) is 48.5 Å². The Morgan fingerprint density at radius 2 is 1.85 bits per heavy atom. The van der Waals surface area contributed by atoms with E-state index in [1.165, 1.54) is 0 Å². The molecule has 3 aromatic rings. The van der Waals surface area contributed by atoms with Gasteiger partial charge in [-0.05, 0) is 19.1 Å². The molecule has 1 heterocycles. The van der Waals surface area contributed by atoms with Gasteiger partial charge < -0.3 is 4.74 Å². The SMILES string of the molecule is COc1ccc(C)cc1-c1nc(-c2ccccc2)n[nH]1.